The van der Waals surface area contributed by atoms with Gasteiger partial charge in [0.25, 0.3) is 0 Å². The Kier molecular flexibility index (Phi) is 4.34. The van der Waals surface area contributed by atoms with Crippen LogP contribution in [-0.2, 0) is 0 Å². The lowest BCUT2D eigenvalue weighted by atomic mass is 10.2. The first-order valence-electron chi connectivity index (χ1n) is 2.96. The summed E-state index contributed by atoms with van der Waals surface area (Å²) in [7, 11) is 0. The molecule has 1 aromatic carbocycles. The Hall–Kier alpha value is -0.990. The van der Waals surface area contributed by atoms with Crippen molar-refractivity contribution < 1.29 is 4.84 Å². The Morgan fingerprint density at radius 2 is 1.82 bits per heavy atom. The number of nitrogens with two attached hydrogens (primary N) is 1. The van der Waals surface area contributed by atoms with Gasteiger partial charge < -0.3 is 4.84 Å². The van der Waals surface area contributed by atoms with Crippen LogP contribution in [0.25, 0.3) is 6.08 Å². The topological polar surface area (TPSA) is 35.2 Å². The molecule has 0 saturated carbocycles. The van der Waals surface area contributed by atoms with Gasteiger partial charge in [0.1, 0.15) is 5.75 Å². The molecule has 0 radical (unpaired) electrons. The van der Waals surface area contributed by atoms with Crippen LogP contribution in [0.15, 0.2) is 30.8 Å². The van der Waals surface area contributed by atoms with E-state index < -0.39 is 0 Å². The van der Waals surface area contributed by atoms with Crippen molar-refractivity contribution in [3.8, 4) is 5.75 Å². The lowest BCUT2D eigenvalue weighted by Crippen LogP contribution is -2.00. The van der Waals surface area contributed by atoms with Crippen molar-refractivity contribution in [3.63, 3.8) is 0 Å². The highest BCUT2D eigenvalue weighted by atomic mass is 35.5. The van der Waals surface area contributed by atoms with E-state index in [1.807, 2.05) is 12.1 Å². The summed E-state index contributed by atoms with van der Waals surface area (Å²) in [6.07, 6.45) is 1.76. The zero-order chi connectivity index (χ0) is 7.40. The summed E-state index contributed by atoms with van der Waals surface area (Å²) >= 11 is 0. The summed E-state index contributed by atoms with van der Waals surface area (Å²) in [5.74, 6) is 5.57. The van der Waals surface area contributed by atoms with E-state index in [1.165, 1.54) is 0 Å². The second kappa shape index (κ2) is 4.77. The maximum atomic E-state index is 4.92. The van der Waals surface area contributed by atoms with E-state index in [1.54, 1.807) is 18.2 Å². The van der Waals surface area contributed by atoms with Gasteiger partial charge in [-0.1, -0.05) is 24.8 Å². The molecule has 1 aromatic rings. The second-order valence-corrected chi connectivity index (χ2v) is 1.89. The van der Waals surface area contributed by atoms with Gasteiger partial charge in [-0.05, 0) is 17.7 Å². The monoisotopic (exact) mass is 171 g/mol. The van der Waals surface area contributed by atoms with Gasteiger partial charge in [0.2, 0.25) is 0 Å². The van der Waals surface area contributed by atoms with Gasteiger partial charge in [0, 0.05) is 0 Å². The summed E-state index contributed by atoms with van der Waals surface area (Å²) in [5.41, 5.74) is 1.06. The second-order valence-electron chi connectivity index (χ2n) is 1.89. The quantitative estimate of drug-likeness (QED) is 0.691. The van der Waals surface area contributed by atoms with Gasteiger partial charge in [0.15, 0.2) is 0 Å². The molecule has 1 rings (SSSR count). The largest absolute Gasteiger partial charge is 0.412 e. The minimum atomic E-state index is 0. The zero-order valence-electron chi connectivity index (χ0n) is 5.99. The van der Waals surface area contributed by atoms with Gasteiger partial charge in [-0.3, -0.25) is 0 Å². The molecule has 11 heavy (non-hydrogen) atoms. The Morgan fingerprint density at radius 3 is 2.18 bits per heavy atom. The standard InChI is InChI=1S/C8H9NO.ClH/c1-2-7-3-5-8(10-9)6-4-7;/h2-6H,1,9H2;1H. The minimum absolute atomic E-state index is 0. The molecule has 0 spiro atoms. The van der Waals surface area contributed by atoms with Gasteiger partial charge in [-0.2, -0.15) is 5.90 Å². The molecule has 0 aliphatic carbocycles. The normalized spacial score (nSPS) is 8.09. The van der Waals surface area contributed by atoms with Crippen LogP contribution < -0.4 is 10.7 Å². The number of rotatable bonds is 2. The van der Waals surface area contributed by atoms with Crippen molar-refractivity contribution in [2.75, 3.05) is 0 Å². The molecular formula is C8H10ClNO. The maximum Gasteiger partial charge on any atom is 0.146 e. The average molecular weight is 172 g/mol. The molecule has 0 heterocycles. The molecular weight excluding hydrogens is 162 g/mol. The third-order valence-electron chi connectivity index (χ3n) is 1.25. The molecule has 60 valence electrons. The Bertz CT molecular complexity index is 220. The molecule has 0 aliphatic heterocycles. The third kappa shape index (κ3) is 2.62. The van der Waals surface area contributed by atoms with E-state index in [-0.39, 0.29) is 12.4 Å². The van der Waals surface area contributed by atoms with E-state index in [0.717, 1.165) is 5.56 Å². The highest BCUT2D eigenvalue weighted by molar-refractivity contribution is 5.85. The first-order valence-corrected chi connectivity index (χ1v) is 2.96. The van der Waals surface area contributed by atoms with Crippen LogP contribution in [0.1, 0.15) is 5.56 Å². The molecule has 2 N–H and O–H groups in total. The van der Waals surface area contributed by atoms with Crippen molar-refractivity contribution in [2.24, 2.45) is 5.90 Å². The molecule has 0 aromatic heterocycles. The summed E-state index contributed by atoms with van der Waals surface area (Å²) < 4.78 is 0. The Morgan fingerprint density at radius 1 is 1.27 bits per heavy atom. The molecule has 2 nitrogen and oxygen atoms in total. The summed E-state index contributed by atoms with van der Waals surface area (Å²) in [6, 6.07) is 7.35. The van der Waals surface area contributed by atoms with Crippen LogP contribution in [0.2, 0.25) is 0 Å². The van der Waals surface area contributed by atoms with E-state index >= 15 is 0 Å². The number of benzene rings is 1. The molecule has 3 heteroatoms. The first-order chi connectivity index (χ1) is 4.86. The van der Waals surface area contributed by atoms with Crippen molar-refractivity contribution in [2.45, 2.75) is 0 Å². The van der Waals surface area contributed by atoms with Crippen LogP contribution in [0, 0.1) is 0 Å². The van der Waals surface area contributed by atoms with Crippen LogP contribution in [0.3, 0.4) is 0 Å². The van der Waals surface area contributed by atoms with Crippen molar-refractivity contribution in [3.05, 3.63) is 36.4 Å². The van der Waals surface area contributed by atoms with Gasteiger partial charge in [-0.25, -0.2) is 0 Å². The van der Waals surface area contributed by atoms with E-state index in [0.29, 0.717) is 5.75 Å². The number of halogens is 1. The Balaban J connectivity index is 0.000001000. The highest BCUT2D eigenvalue weighted by Crippen LogP contribution is 2.10. The van der Waals surface area contributed by atoms with Gasteiger partial charge >= 0.3 is 0 Å². The van der Waals surface area contributed by atoms with E-state index in [2.05, 4.69) is 11.4 Å². The van der Waals surface area contributed by atoms with Crippen LogP contribution in [0.4, 0.5) is 0 Å². The fraction of sp³-hybridized carbons (Fsp3) is 0. The summed E-state index contributed by atoms with van der Waals surface area (Å²) in [6.45, 7) is 3.61. The molecule has 0 fully saturated rings. The zero-order valence-corrected chi connectivity index (χ0v) is 6.80. The van der Waals surface area contributed by atoms with E-state index in [4.69, 9.17) is 5.90 Å². The van der Waals surface area contributed by atoms with Gasteiger partial charge in [-0.15, -0.1) is 12.4 Å². The van der Waals surface area contributed by atoms with Crippen LogP contribution in [-0.4, -0.2) is 0 Å². The van der Waals surface area contributed by atoms with Crippen LogP contribution in [0.5, 0.6) is 5.75 Å². The predicted octanol–water partition coefficient (Wildman–Crippen LogP) is 2.00. The average Bonchev–Trinajstić information content (AvgIpc) is 2.05. The Labute approximate surface area is 72.0 Å². The number of hydrogen-bond donors (Lipinski definition) is 1. The predicted molar refractivity (Wildman–Crippen MR) is 48.6 cm³/mol. The molecule has 0 amide bonds. The fourth-order valence-corrected chi connectivity index (χ4v) is 0.682. The molecule has 0 aliphatic rings. The summed E-state index contributed by atoms with van der Waals surface area (Å²) in [4.78, 5) is 4.48. The van der Waals surface area contributed by atoms with Gasteiger partial charge in [0.05, 0.1) is 0 Å². The smallest absolute Gasteiger partial charge is 0.146 e. The lowest BCUT2D eigenvalue weighted by Gasteiger charge is -1.96. The van der Waals surface area contributed by atoms with Crippen molar-refractivity contribution >= 4 is 18.5 Å². The summed E-state index contributed by atoms with van der Waals surface area (Å²) in [5, 5.41) is 0. The molecule has 0 unspecified atom stereocenters. The van der Waals surface area contributed by atoms with Crippen LogP contribution >= 0.6 is 12.4 Å². The first kappa shape index (κ1) is 10.0. The lowest BCUT2D eigenvalue weighted by molar-refractivity contribution is 0.334. The van der Waals surface area contributed by atoms with Crippen molar-refractivity contribution in [1.29, 1.82) is 0 Å². The van der Waals surface area contributed by atoms with E-state index in [9.17, 15) is 0 Å². The number of hydrogen-bond acceptors (Lipinski definition) is 2. The molecule has 0 saturated heterocycles. The molecule has 0 bridgehead atoms. The molecule has 0 atom stereocenters. The minimum Gasteiger partial charge on any atom is -0.412 e. The third-order valence-corrected chi connectivity index (χ3v) is 1.25. The fourth-order valence-electron chi connectivity index (χ4n) is 0.682. The maximum absolute atomic E-state index is 4.92. The highest BCUT2D eigenvalue weighted by Gasteiger charge is 1.88. The van der Waals surface area contributed by atoms with Crippen molar-refractivity contribution in [1.82, 2.24) is 0 Å². The SMILES string of the molecule is C=Cc1ccc(ON)cc1.Cl.